The molecular formula is C21H30N4O2S. The third kappa shape index (κ3) is 7.32. The Balaban J connectivity index is 1.87. The molecule has 2 aromatic rings. The maximum Gasteiger partial charge on any atom is 0.238 e. The molecule has 152 valence electrons. The van der Waals surface area contributed by atoms with Gasteiger partial charge in [0.15, 0.2) is 5.96 Å². The predicted molar refractivity (Wildman–Crippen MR) is 115 cm³/mol. The first-order valence-corrected chi connectivity index (χ1v) is 11.0. The molecule has 0 aliphatic carbocycles. The molecule has 0 unspecified atom stereocenters. The summed E-state index contributed by atoms with van der Waals surface area (Å²) in [6.07, 6.45) is 1.65. The van der Waals surface area contributed by atoms with Gasteiger partial charge in [0.1, 0.15) is 0 Å². The van der Waals surface area contributed by atoms with Gasteiger partial charge in [0.2, 0.25) is 10.0 Å². The largest absolute Gasteiger partial charge is 0.357 e. The fourth-order valence-electron chi connectivity index (χ4n) is 3.02. The van der Waals surface area contributed by atoms with Crippen LogP contribution in [-0.4, -0.2) is 34.0 Å². The van der Waals surface area contributed by atoms with Gasteiger partial charge in [-0.15, -0.1) is 0 Å². The molecule has 0 aliphatic heterocycles. The Morgan fingerprint density at radius 3 is 2.18 bits per heavy atom. The molecule has 0 saturated heterocycles. The molecule has 2 rings (SSSR count). The lowest BCUT2D eigenvalue weighted by Gasteiger charge is -2.12. The van der Waals surface area contributed by atoms with E-state index in [0.717, 1.165) is 37.5 Å². The lowest BCUT2D eigenvalue weighted by Crippen LogP contribution is -2.38. The second kappa shape index (κ2) is 10.2. The zero-order valence-electron chi connectivity index (χ0n) is 16.8. The third-order valence-electron chi connectivity index (χ3n) is 4.25. The molecule has 0 radical (unpaired) electrons. The van der Waals surface area contributed by atoms with Crippen LogP contribution in [0, 0.1) is 13.8 Å². The van der Waals surface area contributed by atoms with Crippen molar-refractivity contribution in [2.45, 2.75) is 38.5 Å². The van der Waals surface area contributed by atoms with Crippen molar-refractivity contribution in [2.24, 2.45) is 10.1 Å². The van der Waals surface area contributed by atoms with E-state index in [1.165, 1.54) is 28.8 Å². The minimum absolute atomic E-state index is 0.126. The quantitative estimate of drug-likeness (QED) is 0.466. The maximum atomic E-state index is 11.3. The van der Waals surface area contributed by atoms with Gasteiger partial charge in [-0.1, -0.05) is 41.5 Å². The van der Waals surface area contributed by atoms with E-state index in [9.17, 15) is 8.42 Å². The number of benzene rings is 2. The summed E-state index contributed by atoms with van der Waals surface area (Å²) >= 11 is 0. The van der Waals surface area contributed by atoms with Gasteiger partial charge in [-0.05, 0) is 56.9 Å². The van der Waals surface area contributed by atoms with Crippen molar-refractivity contribution < 1.29 is 8.42 Å². The number of rotatable bonds is 8. The second-order valence-electron chi connectivity index (χ2n) is 6.87. The predicted octanol–water partition coefficient (Wildman–Crippen LogP) is 2.29. The van der Waals surface area contributed by atoms with Crippen LogP contribution in [0.25, 0.3) is 0 Å². The van der Waals surface area contributed by atoms with E-state index in [1.54, 1.807) is 12.1 Å². The lowest BCUT2D eigenvalue weighted by atomic mass is 10.1. The topological polar surface area (TPSA) is 96.6 Å². The third-order valence-corrected chi connectivity index (χ3v) is 5.18. The summed E-state index contributed by atoms with van der Waals surface area (Å²) in [7, 11) is -3.65. The Bertz CT molecular complexity index is 886. The van der Waals surface area contributed by atoms with E-state index < -0.39 is 10.0 Å². The van der Waals surface area contributed by atoms with Crippen molar-refractivity contribution in [3.63, 3.8) is 0 Å². The standard InChI is InChI=1S/C21H30N4O2S/c1-4-23-21(25-12-10-19-14-16(2)13-17(3)15-19)24-11-9-18-5-7-20(8-6-18)28(22,26)27/h5-8,13-15H,4,9-12H2,1-3H3,(H2,22,26,27)(H2,23,24,25). The van der Waals surface area contributed by atoms with Gasteiger partial charge in [-0.25, -0.2) is 13.6 Å². The summed E-state index contributed by atoms with van der Waals surface area (Å²) < 4.78 is 22.6. The number of hydrogen-bond donors (Lipinski definition) is 3. The van der Waals surface area contributed by atoms with Crippen LogP contribution in [0.3, 0.4) is 0 Å². The highest BCUT2D eigenvalue weighted by Gasteiger charge is 2.06. The molecule has 0 aromatic heterocycles. The van der Waals surface area contributed by atoms with Gasteiger partial charge in [-0.2, -0.15) is 0 Å². The van der Waals surface area contributed by atoms with E-state index in [4.69, 9.17) is 5.14 Å². The number of sulfonamides is 1. The highest BCUT2D eigenvalue weighted by atomic mass is 32.2. The Morgan fingerprint density at radius 1 is 0.964 bits per heavy atom. The van der Waals surface area contributed by atoms with Gasteiger partial charge in [0.05, 0.1) is 4.90 Å². The summed E-state index contributed by atoms with van der Waals surface area (Å²) in [6.45, 7) is 8.47. The first kappa shape index (κ1) is 21.9. The Morgan fingerprint density at radius 2 is 1.61 bits per heavy atom. The van der Waals surface area contributed by atoms with Crippen LogP contribution in [-0.2, 0) is 22.9 Å². The zero-order valence-corrected chi connectivity index (χ0v) is 17.6. The van der Waals surface area contributed by atoms with Crippen molar-refractivity contribution in [1.29, 1.82) is 0 Å². The summed E-state index contributed by atoms with van der Waals surface area (Å²) in [5.41, 5.74) is 4.89. The molecule has 0 spiro atoms. The van der Waals surface area contributed by atoms with Crippen LogP contribution in [0.1, 0.15) is 29.2 Å². The van der Waals surface area contributed by atoms with Crippen molar-refractivity contribution in [3.8, 4) is 0 Å². The van der Waals surface area contributed by atoms with Gasteiger partial charge in [0.25, 0.3) is 0 Å². The van der Waals surface area contributed by atoms with Crippen molar-refractivity contribution in [1.82, 2.24) is 10.6 Å². The summed E-state index contributed by atoms with van der Waals surface area (Å²) in [5.74, 6) is 0.785. The number of aryl methyl sites for hydroxylation is 2. The molecule has 0 saturated carbocycles. The minimum atomic E-state index is -3.65. The minimum Gasteiger partial charge on any atom is -0.357 e. The van der Waals surface area contributed by atoms with E-state index >= 15 is 0 Å². The molecular weight excluding hydrogens is 372 g/mol. The molecule has 7 heteroatoms. The fraction of sp³-hybridized carbons (Fsp3) is 0.381. The van der Waals surface area contributed by atoms with Gasteiger partial charge < -0.3 is 10.6 Å². The lowest BCUT2D eigenvalue weighted by molar-refractivity contribution is 0.598. The number of primary sulfonamides is 1. The number of guanidine groups is 1. The Labute approximate surface area is 168 Å². The number of aliphatic imine (C=N–C) groups is 1. The molecule has 0 amide bonds. The summed E-state index contributed by atoms with van der Waals surface area (Å²) in [6, 6.07) is 13.2. The van der Waals surface area contributed by atoms with E-state index in [2.05, 4.69) is 47.7 Å². The first-order chi connectivity index (χ1) is 13.3. The number of nitrogens with one attached hydrogen (secondary N) is 2. The molecule has 6 nitrogen and oxygen atoms in total. The van der Waals surface area contributed by atoms with E-state index in [-0.39, 0.29) is 4.90 Å². The first-order valence-electron chi connectivity index (χ1n) is 9.49. The molecule has 0 bridgehead atoms. The van der Waals surface area contributed by atoms with Crippen LogP contribution in [0.4, 0.5) is 0 Å². The van der Waals surface area contributed by atoms with Crippen LogP contribution >= 0.6 is 0 Å². The van der Waals surface area contributed by atoms with E-state index in [0.29, 0.717) is 6.54 Å². The average molecular weight is 403 g/mol. The zero-order chi connectivity index (χ0) is 20.6. The second-order valence-corrected chi connectivity index (χ2v) is 8.43. The van der Waals surface area contributed by atoms with Crippen LogP contribution in [0.15, 0.2) is 52.4 Å². The number of nitrogens with zero attached hydrogens (tertiary/aromatic N) is 1. The maximum absolute atomic E-state index is 11.3. The fourth-order valence-corrected chi connectivity index (χ4v) is 3.54. The normalized spacial score (nSPS) is 12.1. The van der Waals surface area contributed by atoms with Crippen molar-refractivity contribution >= 4 is 16.0 Å². The number of hydrogen-bond acceptors (Lipinski definition) is 3. The molecule has 4 N–H and O–H groups in total. The van der Waals surface area contributed by atoms with Crippen LogP contribution < -0.4 is 15.8 Å². The van der Waals surface area contributed by atoms with Crippen molar-refractivity contribution in [2.75, 3.05) is 19.6 Å². The van der Waals surface area contributed by atoms with E-state index in [1.807, 2.05) is 6.92 Å². The van der Waals surface area contributed by atoms with Crippen LogP contribution in [0.2, 0.25) is 0 Å². The summed E-state index contributed by atoms with van der Waals surface area (Å²) in [5, 5.41) is 11.7. The Hall–Kier alpha value is -2.38. The molecule has 2 aromatic carbocycles. The molecule has 0 atom stereocenters. The highest BCUT2D eigenvalue weighted by Crippen LogP contribution is 2.10. The van der Waals surface area contributed by atoms with Crippen LogP contribution in [0.5, 0.6) is 0 Å². The molecule has 0 fully saturated rings. The van der Waals surface area contributed by atoms with Gasteiger partial charge >= 0.3 is 0 Å². The number of nitrogens with two attached hydrogens (primary N) is 1. The molecule has 0 heterocycles. The monoisotopic (exact) mass is 402 g/mol. The van der Waals surface area contributed by atoms with Gasteiger partial charge in [-0.3, -0.25) is 4.99 Å². The average Bonchev–Trinajstić information content (AvgIpc) is 2.60. The molecule has 28 heavy (non-hydrogen) atoms. The Kier molecular flexibility index (Phi) is 8.02. The smallest absolute Gasteiger partial charge is 0.238 e. The van der Waals surface area contributed by atoms with Gasteiger partial charge in [0, 0.05) is 19.6 Å². The molecule has 0 aliphatic rings. The summed E-state index contributed by atoms with van der Waals surface area (Å²) in [4.78, 5) is 4.72. The highest BCUT2D eigenvalue weighted by molar-refractivity contribution is 7.89. The van der Waals surface area contributed by atoms with Crippen molar-refractivity contribution in [3.05, 3.63) is 64.7 Å². The SMILES string of the molecule is CCNC(=NCCc1ccc(S(N)(=O)=O)cc1)NCCc1cc(C)cc(C)c1.